The molecule has 1 saturated heterocycles. The zero-order chi connectivity index (χ0) is 11.5. The van der Waals surface area contributed by atoms with E-state index in [0.717, 1.165) is 31.6 Å². The van der Waals surface area contributed by atoms with Crippen LogP contribution in [0.5, 0.6) is 0 Å². The van der Waals surface area contributed by atoms with Gasteiger partial charge in [-0.3, -0.25) is 4.90 Å². The first-order valence-corrected chi connectivity index (χ1v) is 5.88. The Morgan fingerprint density at radius 1 is 1.50 bits per heavy atom. The molecule has 2 N–H and O–H groups in total. The first-order chi connectivity index (χ1) is 7.65. The van der Waals surface area contributed by atoms with Crippen molar-refractivity contribution in [2.45, 2.75) is 32.4 Å². The maximum absolute atomic E-state index is 13.0. The molecule has 1 aromatic rings. The van der Waals surface area contributed by atoms with Crippen molar-refractivity contribution in [3.63, 3.8) is 0 Å². The quantitative estimate of drug-likeness (QED) is 0.830. The maximum Gasteiger partial charge on any atom is 0.123 e. The fourth-order valence-electron chi connectivity index (χ4n) is 2.31. The predicted octanol–water partition coefficient (Wildman–Crippen LogP) is 2.06. The number of nitrogens with zero attached hydrogens (tertiary/aromatic N) is 1. The Hall–Kier alpha value is -0.930. The largest absolute Gasteiger partial charge is 0.327 e. The maximum atomic E-state index is 13.0. The molecule has 2 rings (SSSR count). The molecular weight excluding hydrogens is 203 g/mol. The highest BCUT2D eigenvalue weighted by atomic mass is 19.1. The van der Waals surface area contributed by atoms with E-state index < -0.39 is 0 Å². The summed E-state index contributed by atoms with van der Waals surface area (Å²) in [6.45, 7) is 4.91. The molecule has 1 aliphatic rings. The lowest BCUT2D eigenvalue weighted by molar-refractivity contribution is 0.201. The first-order valence-electron chi connectivity index (χ1n) is 5.88. The average Bonchev–Trinajstić information content (AvgIpc) is 2.22. The lowest BCUT2D eigenvalue weighted by Crippen LogP contribution is -2.42. The van der Waals surface area contributed by atoms with Crippen LogP contribution < -0.4 is 5.73 Å². The smallest absolute Gasteiger partial charge is 0.123 e. The van der Waals surface area contributed by atoms with E-state index in [1.165, 1.54) is 18.1 Å². The first kappa shape index (κ1) is 11.6. The van der Waals surface area contributed by atoms with Gasteiger partial charge in [-0.25, -0.2) is 4.39 Å². The summed E-state index contributed by atoms with van der Waals surface area (Å²) < 4.78 is 13.0. The second-order valence-electron chi connectivity index (χ2n) is 4.71. The van der Waals surface area contributed by atoms with Gasteiger partial charge in [-0.2, -0.15) is 0 Å². The second-order valence-corrected chi connectivity index (χ2v) is 4.71. The Morgan fingerprint density at radius 2 is 2.31 bits per heavy atom. The van der Waals surface area contributed by atoms with Gasteiger partial charge in [-0.15, -0.1) is 0 Å². The molecule has 0 saturated carbocycles. The zero-order valence-corrected chi connectivity index (χ0v) is 9.75. The Kier molecular flexibility index (Phi) is 3.56. The number of halogens is 1. The van der Waals surface area contributed by atoms with Gasteiger partial charge in [-0.05, 0) is 49.6 Å². The molecule has 2 nitrogen and oxygen atoms in total. The summed E-state index contributed by atoms with van der Waals surface area (Å²) in [6.07, 6.45) is 2.29. The molecule has 1 heterocycles. The number of hydrogen-bond donors (Lipinski definition) is 1. The van der Waals surface area contributed by atoms with E-state index in [1.54, 1.807) is 6.07 Å². The number of piperidine rings is 1. The molecule has 0 spiro atoms. The summed E-state index contributed by atoms with van der Waals surface area (Å²) in [5, 5.41) is 0. The average molecular weight is 222 g/mol. The van der Waals surface area contributed by atoms with Crippen LogP contribution in [0, 0.1) is 12.7 Å². The predicted molar refractivity (Wildman–Crippen MR) is 63.6 cm³/mol. The van der Waals surface area contributed by atoms with Gasteiger partial charge in [0.25, 0.3) is 0 Å². The van der Waals surface area contributed by atoms with Gasteiger partial charge >= 0.3 is 0 Å². The van der Waals surface area contributed by atoms with E-state index >= 15 is 0 Å². The van der Waals surface area contributed by atoms with Crippen molar-refractivity contribution in [1.82, 2.24) is 4.90 Å². The van der Waals surface area contributed by atoms with Crippen molar-refractivity contribution in [2.75, 3.05) is 13.1 Å². The Labute approximate surface area is 96.2 Å². The molecule has 1 aliphatic heterocycles. The second kappa shape index (κ2) is 4.93. The Bertz CT molecular complexity index is 365. The summed E-state index contributed by atoms with van der Waals surface area (Å²) >= 11 is 0. The van der Waals surface area contributed by atoms with Crippen LogP contribution >= 0.6 is 0 Å². The van der Waals surface area contributed by atoms with Crippen molar-refractivity contribution >= 4 is 0 Å². The third kappa shape index (κ3) is 2.80. The van der Waals surface area contributed by atoms with Crippen LogP contribution in [-0.4, -0.2) is 24.0 Å². The third-order valence-corrected chi connectivity index (χ3v) is 3.24. The van der Waals surface area contributed by atoms with E-state index in [2.05, 4.69) is 4.90 Å². The molecule has 0 aromatic heterocycles. The van der Waals surface area contributed by atoms with Crippen molar-refractivity contribution in [2.24, 2.45) is 5.73 Å². The Morgan fingerprint density at radius 3 is 3.00 bits per heavy atom. The summed E-state index contributed by atoms with van der Waals surface area (Å²) in [5.41, 5.74) is 8.17. The van der Waals surface area contributed by atoms with E-state index in [9.17, 15) is 4.39 Å². The zero-order valence-electron chi connectivity index (χ0n) is 9.75. The van der Waals surface area contributed by atoms with Crippen molar-refractivity contribution < 1.29 is 4.39 Å². The highest BCUT2D eigenvalue weighted by Crippen LogP contribution is 2.16. The summed E-state index contributed by atoms with van der Waals surface area (Å²) in [5.74, 6) is -0.156. The minimum Gasteiger partial charge on any atom is -0.327 e. The number of rotatable bonds is 2. The molecular formula is C13H19FN2. The van der Waals surface area contributed by atoms with E-state index in [-0.39, 0.29) is 5.82 Å². The topological polar surface area (TPSA) is 29.3 Å². The summed E-state index contributed by atoms with van der Waals surface area (Å²) in [4.78, 5) is 2.36. The molecule has 1 atom stereocenters. The fourth-order valence-corrected chi connectivity index (χ4v) is 2.31. The minimum absolute atomic E-state index is 0.156. The van der Waals surface area contributed by atoms with Crippen LogP contribution in [0.3, 0.4) is 0 Å². The number of aryl methyl sites for hydroxylation is 1. The van der Waals surface area contributed by atoms with E-state index in [0.29, 0.717) is 6.04 Å². The van der Waals surface area contributed by atoms with Gasteiger partial charge in [0.15, 0.2) is 0 Å². The third-order valence-electron chi connectivity index (χ3n) is 3.24. The molecule has 0 aliphatic carbocycles. The summed E-state index contributed by atoms with van der Waals surface area (Å²) in [7, 11) is 0. The standard InChI is InChI=1S/C13H19FN2/c1-10-7-12(14)5-4-11(10)8-16-6-2-3-13(15)9-16/h4-5,7,13H,2-3,6,8-9,15H2,1H3/t13-/m0/s1. The lowest BCUT2D eigenvalue weighted by Gasteiger charge is -2.31. The van der Waals surface area contributed by atoms with Crippen LogP contribution in [0.1, 0.15) is 24.0 Å². The Balaban J connectivity index is 2.02. The van der Waals surface area contributed by atoms with Crippen molar-refractivity contribution in [3.8, 4) is 0 Å². The van der Waals surface area contributed by atoms with Crippen LogP contribution in [0.15, 0.2) is 18.2 Å². The van der Waals surface area contributed by atoms with Gasteiger partial charge in [0.2, 0.25) is 0 Å². The monoisotopic (exact) mass is 222 g/mol. The molecule has 0 amide bonds. The SMILES string of the molecule is Cc1cc(F)ccc1CN1CCC[C@H](N)C1. The lowest BCUT2D eigenvalue weighted by atomic mass is 10.0. The van der Waals surface area contributed by atoms with Gasteiger partial charge in [-0.1, -0.05) is 6.07 Å². The molecule has 0 radical (unpaired) electrons. The van der Waals surface area contributed by atoms with Gasteiger partial charge in [0.05, 0.1) is 0 Å². The molecule has 16 heavy (non-hydrogen) atoms. The fraction of sp³-hybridized carbons (Fsp3) is 0.538. The molecule has 0 bridgehead atoms. The molecule has 3 heteroatoms. The highest BCUT2D eigenvalue weighted by Gasteiger charge is 2.17. The normalized spacial score (nSPS) is 22.3. The molecule has 88 valence electrons. The number of nitrogens with two attached hydrogens (primary N) is 1. The van der Waals surface area contributed by atoms with Crippen LogP contribution in [0.25, 0.3) is 0 Å². The number of likely N-dealkylation sites (tertiary alicyclic amines) is 1. The van der Waals surface area contributed by atoms with Crippen molar-refractivity contribution in [3.05, 3.63) is 35.1 Å². The molecule has 1 aromatic carbocycles. The van der Waals surface area contributed by atoms with E-state index in [1.807, 2.05) is 13.0 Å². The van der Waals surface area contributed by atoms with Crippen LogP contribution in [0.2, 0.25) is 0 Å². The van der Waals surface area contributed by atoms with Crippen LogP contribution in [-0.2, 0) is 6.54 Å². The van der Waals surface area contributed by atoms with Crippen molar-refractivity contribution in [1.29, 1.82) is 0 Å². The molecule has 1 fully saturated rings. The minimum atomic E-state index is -0.156. The van der Waals surface area contributed by atoms with E-state index in [4.69, 9.17) is 5.73 Å². The number of hydrogen-bond acceptors (Lipinski definition) is 2. The van der Waals surface area contributed by atoms with Gasteiger partial charge < -0.3 is 5.73 Å². The van der Waals surface area contributed by atoms with Gasteiger partial charge in [0, 0.05) is 19.1 Å². The van der Waals surface area contributed by atoms with Crippen LogP contribution in [0.4, 0.5) is 4.39 Å². The van der Waals surface area contributed by atoms with Gasteiger partial charge in [0.1, 0.15) is 5.82 Å². The highest BCUT2D eigenvalue weighted by molar-refractivity contribution is 5.26. The number of benzene rings is 1. The summed E-state index contributed by atoms with van der Waals surface area (Å²) in [6, 6.07) is 5.31. The molecule has 0 unspecified atom stereocenters.